The fourth-order valence-electron chi connectivity index (χ4n) is 3.38. The lowest BCUT2D eigenvalue weighted by atomic mass is 10.1. The highest BCUT2D eigenvalue weighted by atomic mass is 32.2. The van der Waals surface area contributed by atoms with E-state index in [0.29, 0.717) is 28.7 Å². The molecular weight excluding hydrogens is 428 g/mol. The lowest BCUT2D eigenvalue weighted by molar-refractivity contribution is -0.117. The number of rotatable bonds is 9. The number of ketones is 1. The van der Waals surface area contributed by atoms with Crippen molar-refractivity contribution in [3.05, 3.63) is 59.9 Å². The van der Waals surface area contributed by atoms with Gasteiger partial charge in [-0.2, -0.15) is 0 Å². The van der Waals surface area contributed by atoms with Gasteiger partial charge in [-0.05, 0) is 55.0 Å². The average molecular weight is 453 g/mol. The van der Waals surface area contributed by atoms with Crippen molar-refractivity contribution < 1.29 is 19.1 Å². The van der Waals surface area contributed by atoms with Crippen molar-refractivity contribution in [2.45, 2.75) is 24.6 Å². The summed E-state index contributed by atoms with van der Waals surface area (Å²) in [7, 11) is 3.46. The first-order chi connectivity index (χ1) is 15.5. The van der Waals surface area contributed by atoms with Gasteiger partial charge in [-0.1, -0.05) is 11.8 Å². The summed E-state index contributed by atoms with van der Waals surface area (Å²) in [5.41, 5.74) is 1.45. The van der Waals surface area contributed by atoms with Gasteiger partial charge in [0.15, 0.2) is 16.8 Å². The van der Waals surface area contributed by atoms with Crippen LogP contribution in [-0.4, -0.2) is 45.9 Å². The van der Waals surface area contributed by atoms with Crippen LogP contribution in [0, 0.1) is 0 Å². The summed E-state index contributed by atoms with van der Waals surface area (Å²) in [6.45, 7) is 1.000. The van der Waals surface area contributed by atoms with Gasteiger partial charge in [0, 0.05) is 31.3 Å². The van der Waals surface area contributed by atoms with E-state index in [-0.39, 0.29) is 24.1 Å². The quantitative estimate of drug-likeness (QED) is 0.363. The van der Waals surface area contributed by atoms with Crippen LogP contribution in [0.15, 0.2) is 53.7 Å². The Morgan fingerprint density at radius 3 is 2.44 bits per heavy atom. The predicted octanol–water partition coefficient (Wildman–Crippen LogP) is 3.50. The van der Waals surface area contributed by atoms with Gasteiger partial charge in [-0.3, -0.25) is 9.59 Å². The fraction of sp³-hybridized carbons (Fsp3) is 0.304. The molecule has 2 heterocycles. The van der Waals surface area contributed by atoms with Crippen molar-refractivity contribution in [2.75, 3.05) is 24.3 Å². The largest absolute Gasteiger partial charge is 0.497 e. The Labute approximate surface area is 190 Å². The summed E-state index contributed by atoms with van der Waals surface area (Å²) in [4.78, 5) is 26.2. The van der Waals surface area contributed by atoms with Crippen molar-refractivity contribution in [2.24, 2.45) is 7.05 Å². The number of Topliss-reactive ketones (excluding diaryl/α,β-unsaturated/α-hetero) is 1. The molecule has 1 saturated heterocycles. The molecule has 0 bridgehead atoms. The van der Waals surface area contributed by atoms with Crippen molar-refractivity contribution >= 4 is 29.1 Å². The van der Waals surface area contributed by atoms with Gasteiger partial charge in [0.1, 0.15) is 18.1 Å². The van der Waals surface area contributed by atoms with E-state index in [1.807, 2.05) is 48.0 Å². The number of aromatic nitrogens is 3. The van der Waals surface area contributed by atoms with Gasteiger partial charge >= 0.3 is 0 Å². The Balaban J connectivity index is 1.31. The molecular formula is C23H24N4O4S. The number of anilines is 1. The molecule has 0 N–H and O–H groups in total. The summed E-state index contributed by atoms with van der Waals surface area (Å²) in [5, 5.41) is 8.99. The molecule has 32 heavy (non-hydrogen) atoms. The number of ether oxygens (including phenoxy) is 2. The number of carbonyl (C=O) groups excluding carboxylic acids is 2. The zero-order valence-electron chi connectivity index (χ0n) is 18.0. The van der Waals surface area contributed by atoms with E-state index in [9.17, 15) is 9.59 Å². The van der Waals surface area contributed by atoms with Crippen LogP contribution in [0.1, 0.15) is 29.0 Å². The standard InChI is InChI=1S/C23H24N4O4S/c1-26-21(14-31-19-11-9-18(30-2)10-12-19)24-25-23(26)32-15-20(28)16-5-7-17(8-6-16)27-13-3-4-22(27)29/h5-12H,3-4,13-15H2,1-2H3. The van der Waals surface area contributed by atoms with E-state index < -0.39 is 0 Å². The second-order valence-electron chi connectivity index (χ2n) is 7.33. The Kier molecular flexibility index (Phi) is 6.75. The average Bonchev–Trinajstić information content (AvgIpc) is 3.41. The highest BCUT2D eigenvalue weighted by Gasteiger charge is 2.21. The maximum atomic E-state index is 12.6. The third-order valence-corrected chi connectivity index (χ3v) is 6.28. The van der Waals surface area contributed by atoms with Crippen molar-refractivity contribution in [3.63, 3.8) is 0 Å². The zero-order chi connectivity index (χ0) is 22.5. The van der Waals surface area contributed by atoms with E-state index in [1.165, 1.54) is 11.8 Å². The van der Waals surface area contributed by atoms with Gasteiger partial charge in [-0.15, -0.1) is 10.2 Å². The number of amides is 1. The molecule has 3 aromatic rings. The van der Waals surface area contributed by atoms with Crippen molar-refractivity contribution in [1.82, 2.24) is 14.8 Å². The van der Waals surface area contributed by atoms with Gasteiger partial charge in [-0.25, -0.2) is 0 Å². The van der Waals surface area contributed by atoms with E-state index in [2.05, 4.69) is 10.2 Å². The molecule has 1 aromatic heterocycles. The van der Waals surface area contributed by atoms with Crippen LogP contribution in [0.4, 0.5) is 5.69 Å². The van der Waals surface area contributed by atoms with Crippen LogP contribution in [-0.2, 0) is 18.4 Å². The monoisotopic (exact) mass is 452 g/mol. The summed E-state index contributed by atoms with van der Waals surface area (Å²) < 4.78 is 12.7. The maximum Gasteiger partial charge on any atom is 0.227 e. The summed E-state index contributed by atoms with van der Waals surface area (Å²) in [6, 6.07) is 14.5. The first-order valence-electron chi connectivity index (χ1n) is 10.3. The van der Waals surface area contributed by atoms with Crippen LogP contribution >= 0.6 is 11.8 Å². The molecule has 1 aliphatic heterocycles. The third-order valence-electron chi connectivity index (χ3n) is 5.26. The number of nitrogens with zero attached hydrogens (tertiary/aromatic N) is 4. The predicted molar refractivity (Wildman–Crippen MR) is 121 cm³/mol. The molecule has 0 atom stereocenters. The number of thioether (sulfide) groups is 1. The molecule has 2 aromatic carbocycles. The molecule has 4 rings (SSSR count). The Morgan fingerprint density at radius 1 is 1.06 bits per heavy atom. The second kappa shape index (κ2) is 9.86. The minimum absolute atomic E-state index is 0.00617. The SMILES string of the molecule is COc1ccc(OCc2nnc(SCC(=O)c3ccc(N4CCCC4=O)cc3)n2C)cc1. The Bertz CT molecular complexity index is 1100. The van der Waals surface area contributed by atoms with E-state index >= 15 is 0 Å². The fourth-order valence-corrected chi connectivity index (χ4v) is 4.20. The molecule has 0 radical (unpaired) electrons. The lowest BCUT2D eigenvalue weighted by Crippen LogP contribution is -2.23. The van der Waals surface area contributed by atoms with Crippen LogP contribution < -0.4 is 14.4 Å². The van der Waals surface area contributed by atoms with Crippen LogP contribution in [0.3, 0.4) is 0 Å². The molecule has 1 aliphatic rings. The Hall–Kier alpha value is -3.33. The van der Waals surface area contributed by atoms with Gasteiger partial charge in [0.2, 0.25) is 5.91 Å². The molecule has 166 valence electrons. The number of hydrogen-bond donors (Lipinski definition) is 0. The van der Waals surface area contributed by atoms with Crippen LogP contribution in [0.5, 0.6) is 11.5 Å². The van der Waals surface area contributed by atoms with E-state index in [1.54, 1.807) is 24.1 Å². The van der Waals surface area contributed by atoms with Gasteiger partial charge in [0.05, 0.1) is 12.9 Å². The van der Waals surface area contributed by atoms with Crippen molar-refractivity contribution in [1.29, 1.82) is 0 Å². The molecule has 9 heteroatoms. The molecule has 0 spiro atoms. The maximum absolute atomic E-state index is 12.6. The third kappa shape index (κ3) is 4.94. The van der Waals surface area contributed by atoms with Crippen molar-refractivity contribution in [3.8, 4) is 11.5 Å². The minimum Gasteiger partial charge on any atom is -0.497 e. The number of benzene rings is 2. The Morgan fingerprint density at radius 2 is 1.78 bits per heavy atom. The molecule has 1 fully saturated rings. The zero-order valence-corrected chi connectivity index (χ0v) is 18.8. The first-order valence-corrected chi connectivity index (χ1v) is 11.3. The summed E-state index contributed by atoms with van der Waals surface area (Å²) in [5.74, 6) is 2.50. The number of carbonyl (C=O) groups is 2. The van der Waals surface area contributed by atoms with Crippen LogP contribution in [0.2, 0.25) is 0 Å². The molecule has 0 saturated carbocycles. The topological polar surface area (TPSA) is 86.6 Å². The van der Waals surface area contributed by atoms with Gasteiger partial charge < -0.3 is 18.9 Å². The second-order valence-corrected chi connectivity index (χ2v) is 8.27. The lowest BCUT2D eigenvalue weighted by Gasteiger charge is -2.15. The first kappa shape index (κ1) is 21.9. The molecule has 8 nitrogen and oxygen atoms in total. The molecule has 1 amide bonds. The van der Waals surface area contributed by atoms with E-state index in [0.717, 1.165) is 24.4 Å². The number of hydrogen-bond acceptors (Lipinski definition) is 7. The highest BCUT2D eigenvalue weighted by Crippen LogP contribution is 2.23. The normalized spacial score (nSPS) is 13.4. The van der Waals surface area contributed by atoms with Gasteiger partial charge in [0.25, 0.3) is 0 Å². The van der Waals surface area contributed by atoms with E-state index in [4.69, 9.17) is 9.47 Å². The number of methoxy groups -OCH3 is 1. The molecule has 0 unspecified atom stereocenters. The highest BCUT2D eigenvalue weighted by molar-refractivity contribution is 7.99. The van der Waals surface area contributed by atoms with Crippen LogP contribution in [0.25, 0.3) is 0 Å². The minimum atomic E-state index is -0.00617. The smallest absolute Gasteiger partial charge is 0.227 e. The molecule has 0 aliphatic carbocycles. The summed E-state index contributed by atoms with van der Waals surface area (Å²) in [6.07, 6.45) is 1.46. The summed E-state index contributed by atoms with van der Waals surface area (Å²) >= 11 is 1.33.